The molecular weight excluding hydrogens is 308 g/mol. The van der Waals surface area contributed by atoms with Crippen molar-refractivity contribution in [2.45, 2.75) is 6.54 Å². The van der Waals surface area contributed by atoms with E-state index in [0.29, 0.717) is 6.54 Å². The minimum Gasteiger partial charge on any atom is -0.490 e. The first-order chi connectivity index (χ1) is 11.5. The molecule has 24 heavy (non-hydrogen) atoms. The summed E-state index contributed by atoms with van der Waals surface area (Å²) in [4.78, 5) is 17.2. The summed E-state index contributed by atoms with van der Waals surface area (Å²) in [5.74, 6) is 1.16. The molecule has 0 fully saturated rings. The average molecular weight is 326 g/mol. The average Bonchev–Trinajstić information content (AvgIpc) is 2.90. The number of anilines is 1. The van der Waals surface area contributed by atoms with Crippen molar-refractivity contribution in [3.05, 3.63) is 58.4 Å². The summed E-state index contributed by atoms with van der Waals surface area (Å²) in [7, 11) is 5.33. The van der Waals surface area contributed by atoms with Crippen molar-refractivity contribution < 1.29 is 9.66 Å². The quantitative estimate of drug-likeness (QED) is 0.532. The first-order valence-corrected chi connectivity index (χ1v) is 7.45. The van der Waals surface area contributed by atoms with Crippen LogP contribution in [0, 0.1) is 10.1 Å². The van der Waals surface area contributed by atoms with Crippen LogP contribution in [0.1, 0.15) is 5.82 Å². The molecule has 1 heterocycles. The molecule has 3 aromatic rings. The van der Waals surface area contributed by atoms with Gasteiger partial charge in [0.2, 0.25) is 0 Å². The zero-order valence-electron chi connectivity index (χ0n) is 13.8. The zero-order chi connectivity index (χ0) is 17.3. The smallest absolute Gasteiger partial charge is 0.311 e. The highest BCUT2D eigenvalue weighted by Gasteiger charge is 2.17. The maximum Gasteiger partial charge on any atom is 0.311 e. The molecule has 0 aliphatic carbocycles. The minimum atomic E-state index is -0.450. The molecule has 0 saturated carbocycles. The standard InChI is InChI=1S/C17H18N4O3/c1-19(12-8-9-15(21(22)23)16(10-12)24-3)11-17-18-13-6-4-5-7-14(13)20(17)2/h4-10H,11H2,1-3H3. The molecule has 0 saturated heterocycles. The van der Waals surface area contributed by atoms with Gasteiger partial charge in [0.05, 0.1) is 29.6 Å². The molecule has 0 bridgehead atoms. The summed E-state index contributed by atoms with van der Waals surface area (Å²) in [5.41, 5.74) is 2.80. The number of nitrogens with zero attached hydrogens (tertiary/aromatic N) is 4. The Hall–Kier alpha value is -3.09. The summed E-state index contributed by atoms with van der Waals surface area (Å²) in [6, 6.07) is 12.8. The number of aromatic nitrogens is 2. The lowest BCUT2D eigenvalue weighted by Gasteiger charge is -2.19. The number of fused-ring (bicyclic) bond motifs is 1. The molecule has 3 rings (SSSR count). The van der Waals surface area contributed by atoms with Gasteiger partial charge in [-0.2, -0.15) is 0 Å². The van der Waals surface area contributed by atoms with Crippen LogP contribution in [-0.2, 0) is 13.6 Å². The molecule has 0 aliphatic rings. The van der Waals surface area contributed by atoms with Crippen molar-refractivity contribution in [1.82, 2.24) is 9.55 Å². The van der Waals surface area contributed by atoms with Crippen molar-refractivity contribution in [3.8, 4) is 5.75 Å². The third kappa shape index (κ3) is 2.76. The molecular formula is C17H18N4O3. The molecule has 1 aromatic heterocycles. The highest BCUT2D eigenvalue weighted by atomic mass is 16.6. The lowest BCUT2D eigenvalue weighted by Crippen LogP contribution is -2.19. The second kappa shape index (κ2) is 6.19. The normalized spacial score (nSPS) is 10.8. The van der Waals surface area contributed by atoms with Crippen LogP contribution in [-0.4, -0.2) is 28.6 Å². The van der Waals surface area contributed by atoms with E-state index in [-0.39, 0.29) is 11.4 Å². The van der Waals surface area contributed by atoms with Gasteiger partial charge in [0.1, 0.15) is 5.82 Å². The number of imidazole rings is 1. The van der Waals surface area contributed by atoms with Gasteiger partial charge in [0.15, 0.2) is 5.75 Å². The third-order valence-corrected chi connectivity index (χ3v) is 4.06. The van der Waals surface area contributed by atoms with Crippen LogP contribution in [0.5, 0.6) is 5.75 Å². The lowest BCUT2D eigenvalue weighted by atomic mass is 10.2. The van der Waals surface area contributed by atoms with Crippen LogP contribution >= 0.6 is 0 Å². The second-order valence-electron chi connectivity index (χ2n) is 5.55. The van der Waals surface area contributed by atoms with Crippen LogP contribution in [0.3, 0.4) is 0 Å². The number of hydrogen-bond acceptors (Lipinski definition) is 5. The fourth-order valence-electron chi connectivity index (χ4n) is 2.69. The predicted octanol–water partition coefficient (Wildman–Crippen LogP) is 3.13. The van der Waals surface area contributed by atoms with E-state index in [1.807, 2.05) is 43.3 Å². The Morgan fingerprint density at radius 3 is 2.71 bits per heavy atom. The Morgan fingerprint density at radius 2 is 2.04 bits per heavy atom. The molecule has 7 heteroatoms. The van der Waals surface area contributed by atoms with E-state index >= 15 is 0 Å². The second-order valence-corrected chi connectivity index (χ2v) is 5.55. The fraction of sp³-hybridized carbons (Fsp3) is 0.235. The molecule has 2 aromatic carbocycles. The maximum absolute atomic E-state index is 11.0. The molecule has 0 atom stereocenters. The van der Waals surface area contributed by atoms with E-state index in [1.54, 1.807) is 12.1 Å². The molecule has 0 spiro atoms. The Kier molecular flexibility index (Phi) is 4.07. The zero-order valence-corrected chi connectivity index (χ0v) is 13.8. The number of aryl methyl sites for hydroxylation is 1. The number of para-hydroxylation sites is 2. The number of rotatable bonds is 5. The largest absolute Gasteiger partial charge is 0.490 e. The van der Waals surface area contributed by atoms with Gasteiger partial charge in [0, 0.05) is 31.9 Å². The first-order valence-electron chi connectivity index (χ1n) is 7.45. The van der Waals surface area contributed by atoms with Gasteiger partial charge in [-0.05, 0) is 18.2 Å². The van der Waals surface area contributed by atoms with E-state index < -0.39 is 4.92 Å². The predicted molar refractivity (Wildman–Crippen MR) is 92.5 cm³/mol. The van der Waals surface area contributed by atoms with Gasteiger partial charge < -0.3 is 14.2 Å². The van der Waals surface area contributed by atoms with Gasteiger partial charge in [-0.1, -0.05) is 12.1 Å². The summed E-state index contributed by atoms with van der Waals surface area (Å²) in [5, 5.41) is 11.0. The summed E-state index contributed by atoms with van der Waals surface area (Å²) in [6.45, 7) is 0.576. The van der Waals surface area contributed by atoms with Crippen molar-refractivity contribution in [3.63, 3.8) is 0 Å². The first kappa shape index (κ1) is 15.8. The molecule has 124 valence electrons. The van der Waals surface area contributed by atoms with E-state index in [0.717, 1.165) is 22.5 Å². The number of hydrogen-bond donors (Lipinski definition) is 0. The molecule has 7 nitrogen and oxygen atoms in total. The Morgan fingerprint density at radius 1 is 1.29 bits per heavy atom. The summed E-state index contributed by atoms with van der Waals surface area (Å²) < 4.78 is 7.18. The number of ether oxygens (including phenoxy) is 1. The van der Waals surface area contributed by atoms with Crippen molar-refractivity contribution >= 4 is 22.4 Å². The topological polar surface area (TPSA) is 73.4 Å². The molecule has 0 radical (unpaired) electrons. The fourth-order valence-corrected chi connectivity index (χ4v) is 2.69. The van der Waals surface area contributed by atoms with Crippen molar-refractivity contribution in [1.29, 1.82) is 0 Å². The maximum atomic E-state index is 11.0. The number of nitro benzene ring substituents is 1. The van der Waals surface area contributed by atoms with E-state index in [9.17, 15) is 10.1 Å². The molecule has 0 aliphatic heterocycles. The van der Waals surface area contributed by atoms with E-state index in [4.69, 9.17) is 4.74 Å². The Labute approximate surface area is 139 Å². The van der Waals surface area contributed by atoms with Crippen LogP contribution in [0.2, 0.25) is 0 Å². The van der Waals surface area contributed by atoms with Gasteiger partial charge >= 0.3 is 5.69 Å². The molecule has 0 amide bonds. The SMILES string of the molecule is COc1cc(N(C)Cc2nc3ccccc3n2C)ccc1[N+](=O)[O-]. The van der Waals surface area contributed by atoms with Crippen molar-refractivity contribution in [2.75, 3.05) is 19.1 Å². The van der Waals surface area contributed by atoms with Gasteiger partial charge in [-0.3, -0.25) is 10.1 Å². The van der Waals surface area contributed by atoms with Gasteiger partial charge in [-0.25, -0.2) is 4.98 Å². The summed E-state index contributed by atoms with van der Waals surface area (Å²) >= 11 is 0. The van der Waals surface area contributed by atoms with E-state index in [1.165, 1.54) is 13.2 Å². The van der Waals surface area contributed by atoms with Crippen LogP contribution in [0.4, 0.5) is 11.4 Å². The monoisotopic (exact) mass is 326 g/mol. The Balaban J connectivity index is 1.90. The van der Waals surface area contributed by atoms with Crippen LogP contribution < -0.4 is 9.64 Å². The van der Waals surface area contributed by atoms with Crippen LogP contribution in [0.15, 0.2) is 42.5 Å². The Bertz CT molecular complexity index is 904. The van der Waals surface area contributed by atoms with Crippen molar-refractivity contribution in [2.24, 2.45) is 7.05 Å². The summed E-state index contributed by atoms with van der Waals surface area (Å²) in [6.07, 6.45) is 0. The van der Waals surface area contributed by atoms with E-state index in [2.05, 4.69) is 9.55 Å². The molecule has 0 N–H and O–H groups in total. The van der Waals surface area contributed by atoms with Gasteiger partial charge in [-0.15, -0.1) is 0 Å². The lowest BCUT2D eigenvalue weighted by molar-refractivity contribution is -0.385. The third-order valence-electron chi connectivity index (χ3n) is 4.06. The number of methoxy groups -OCH3 is 1. The number of nitro groups is 1. The number of benzene rings is 2. The van der Waals surface area contributed by atoms with Crippen LogP contribution in [0.25, 0.3) is 11.0 Å². The highest BCUT2D eigenvalue weighted by molar-refractivity contribution is 5.75. The molecule has 0 unspecified atom stereocenters. The highest BCUT2D eigenvalue weighted by Crippen LogP contribution is 2.31. The minimum absolute atomic E-state index is 0.0441. The van der Waals surface area contributed by atoms with Gasteiger partial charge in [0.25, 0.3) is 0 Å².